The number of nitrogens with zero attached hydrogens (tertiary/aromatic N) is 2. The van der Waals surface area contributed by atoms with Crippen LogP contribution >= 0.6 is 0 Å². The summed E-state index contributed by atoms with van der Waals surface area (Å²) in [5, 5.41) is 3.03. The lowest BCUT2D eigenvalue weighted by atomic mass is 10.1. The van der Waals surface area contributed by atoms with Crippen LogP contribution in [0.15, 0.2) is 12.4 Å². The van der Waals surface area contributed by atoms with Gasteiger partial charge in [-0.2, -0.15) is 0 Å². The Labute approximate surface area is 90.7 Å². The Kier molecular flexibility index (Phi) is 5.04. The van der Waals surface area contributed by atoms with E-state index in [9.17, 15) is 4.79 Å². The molecule has 0 aliphatic rings. The van der Waals surface area contributed by atoms with Crippen molar-refractivity contribution in [2.24, 2.45) is 0 Å². The molecule has 0 radical (unpaired) electrons. The molecule has 0 unspecified atom stereocenters. The number of carbonyl (C=O) groups excluding carboxylic acids is 1. The van der Waals surface area contributed by atoms with Gasteiger partial charge >= 0.3 is 0 Å². The average Bonchev–Trinajstić information content (AvgIpc) is 2.65. The van der Waals surface area contributed by atoms with Crippen molar-refractivity contribution < 1.29 is 4.79 Å². The first kappa shape index (κ1) is 11.9. The van der Waals surface area contributed by atoms with E-state index >= 15 is 0 Å². The maximum Gasteiger partial charge on any atom is 0.140 e. The molecule has 1 aromatic rings. The van der Waals surface area contributed by atoms with E-state index in [2.05, 4.69) is 17.2 Å². The first-order valence-electron chi connectivity index (χ1n) is 5.44. The predicted octanol–water partition coefficient (Wildman–Crippen LogP) is 1.01. The maximum absolute atomic E-state index is 11.6. The van der Waals surface area contributed by atoms with Crippen molar-refractivity contribution >= 4 is 5.78 Å². The second-order valence-electron chi connectivity index (χ2n) is 3.55. The molecule has 84 valence electrons. The molecule has 15 heavy (non-hydrogen) atoms. The van der Waals surface area contributed by atoms with E-state index in [4.69, 9.17) is 0 Å². The minimum Gasteiger partial charge on any atom is -0.335 e. The molecule has 0 aliphatic heterocycles. The molecule has 4 heteroatoms. The minimum absolute atomic E-state index is 0.270. The molecule has 0 spiro atoms. The monoisotopic (exact) mass is 209 g/mol. The summed E-state index contributed by atoms with van der Waals surface area (Å²) in [5.74, 6) is 1.15. The van der Waals surface area contributed by atoms with Gasteiger partial charge in [0.1, 0.15) is 11.6 Å². The number of carbonyl (C=O) groups is 1. The highest BCUT2D eigenvalue weighted by Crippen LogP contribution is 2.02. The topological polar surface area (TPSA) is 46.9 Å². The summed E-state index contributed by atoms with van der Waals surface area (Å²) in [6.07, 6.45) is 5.67. The highest BCUT2D eigenvalue weighted by molar-refractivity contribution is 5.80. The summed E-state index contributed by atoms with van der Waals surface area (Å²) < 4.78 is 2.01. The molecule has 0 aromatic carbocycles. The Morgan fingerprint density at radius 1 is 1.60 bits per heavy atom. The first-order valence-corrected chi connectivity index (χ1v) is 5.44. The number of ketones is 1. The molecule has 1 aromatic heterocycles. The molecular formula is C11H19N3O. The highest BCUT2D eigenvalue weighted by Gasteiger charge is 2.07. The quantitative estimate of drug-likeness (QED) is 0.682. The number of rotatable bonds is 7. The van der Waals surface area contributed by atoms with Gasteiger partial charge in [-0.15, -0.1) is 0 Å². The van der Waals surface area contributed by atoms with E-state index in [-0.39, 0.29) is 5.78 Å². The Hall–Kier alpha value is -1.16. The lowest BCUT2D eigenvalue weighted by molar-refractivity contribution is -0.118. The third-order valence-corrected chi connectivity index (χ3v) is 2.38. The first-order chi connectivity index (χ1) is 7.27. The van der Waals surface area contributed by atoms with Gasteiger partial charge < -0.3 is 9.88 Å². The van der Waals surface area contributed by atoms with Crippen LogP contribution in [0.4, 0.5) is 0 Å². The van der Waals surface area contributed by atoms with Crippen LogP contribution in [0.1, 0.15) is 25.6 Å². The minimum atomic E-state index is 0.270. The fraction of sp³-hybridized carbons (Fsp3) is 0.636. The molecule has 0 saturated heterocycles. The second kappa shape index (κ2) is 6.35. The summed E-state index contributed by atoms with van der Waals surface area (Å²) >= 11 is 0. The summed E-state index contributed by atoms with van der Waals surface area (Å²) in [4.78, 5) is 15.8. The van der Waals surface area contributed by atoms with Crippen LogP contribution < -0.4 is 5.32 Å². The van der Waals surface area contributed by atoms with Crippen molar-refractivity contribution in [2.75, 3.05) is 13.6 Å². The highest BCUT2D eigenvalue weighted by atomic mass is 16.1. The molecule has 1 heterocycles. The SMILES string of the molecule is CCn1ccnc1CC(=O)CCCNC. The molecule has 0 bridgehead atoms. The smallest absolute Gasteiger partial charge is 0.140 e. The van der Waals surface area contributed by atoms with E-state index in [1.54, 1.807) is 6.20 Å². The zero-order chi connectivity index (χ0) is 11.1. The molecule has 0 aliphatic carbocycles. The van der Waals surface area contributed by atoms with Crippen molar-refractivity contribution in [2.45, 2.75) is 32.7 Å². The van der Waals surface area contributed by atoms with Gasteiger partial charge in [-0.05, 0) is 26.9 Å². The van der Waals surface area contributed by atoms with E-state index in [1.807, 2.05) is 17.8 Å². The fourth-order valence-corrected chi connectivity index (χ4v) is 1.52. The van der Waals surface area contributed by atoms with Crippen LogP contribution in [0.3, 0.4) is 0 Å². The van der Waals surface area contributed by atoms with Crippen LogP contribution in [0, 0.1) is 0 Å². The van der Waals surface area contributed by atoms with Crippen LogP contribution in [-0.2, 0) is 17.8 Å². The number of aromatic nitrogens is 2. The number of Topliss-reactive ketones (excluding diaryl/α,β-unsaturated/α-hetero) is 1. The molecule has 1 rings (SSSR count). The third-order valence-electron chi connectivity index (χ3n) is 2.38. The van der Waals surface area contributed by atoms with Gasteiger partial charge in [-0.1, -0.05) is 0 Å². The molecule has 0 fully saturated rings. The van der Waals surface area contributed by atoms with Gasteiger partial charge in [0.2, 0.25) is 0 Å². The summed E-state index contributed by atoms with van der Waals surface area (Å²) in [7, 11) is 1.90. The summed E-state index contributed by atoms with van der Waals surface area (Å²) in [5.41, 5.74) is 0. The zero-order valence-corrected chi connectivity index (χ0v) is 9.49. The number of nitrogens with one attached hydrogen (secondary N) is 1. The number of aryl methyl sites for hydroxylation is 1. The van der Waals surface area contributed by atoms with Gasteiger partial charge in [0.25, 0.3) is 0 Å². The zero-order valence-electron chi connectivity index (χ0n) is 9.49. The Bertz CT molecular complexity index is 307. The van der Waals surface area contributed by atoms with E-state index < -0.39 is 0 Å². The Morgan fingerprint density at radius 3 is 3.07 bits per heavy atom. The number of hydrogen-bond donors (Lipinski definition) is 1. The van der Waals surface area contributed by atoms with Crippen molar-refractivity contribution in [1.29, 1.82) is 0 Å². The van der Waals surface area contributed by atoms with Crippen molar-refractivity contribution in [1.82, 2.24) is 14.9 Å². The molecular weight excluding hydrogens is 190 g/mol. The lowest BCUT2D eigenvalue weighted by Crippen LogP contribution is -2.13. The predicted molar refractivity (Wildman–Crippen MR) is 59.8 cm³/mol. The van der Waals surface area contributed by atoms with Gasteiger partial charge in [-0.3, -0.25) is 4.79 Å². The van der Waals surface area contributed by atoms with Crippen LogP contribution in [0.5, 0.6) is 0 Å². The molecule has 4 nitrogen and oxygen atoms in total. The van der Waals surface area contributed by atoms with Crippen molar-refractivity contribution in [3.63, 3.8) is 0 Å². The van der Waals surface area contributed by atoms with Gasteiger partial charge in [0.15, 0.2) is 0 Å². The Morgan fingerprint density at radius 2 is 2.40 bits per heavy atom. The van der Waals surface area contributed by atoms with Crippen molar-refractivity contribution in [3.8, 4) is 0 Å². The maximum atomic E-state index is 11.6. The average molecular weight is 209 g/mol. The van der Waals surface area contributed by atoms with Gasteiger partial charge in [-0.25, -0.2) is 4.98 Å². The van der Waals surface area contributed by atoms with Crippen LogP contribution in [0.25, 0.3) is 0 Å². The molecule has 0 atom stereocenters. The fourth-order valence-electron chi connectivity index (χ4n) is 1.52. The number of imidazole rings is 1. The number of hydrogen-bond acceptors (Lipinski definition) is 3. The van der Waals surface area contributed by atoms with Gasteiger partial charge in [0.05, 0.1) is 6.42 Å². The van der Waals surface area contributed by atoms with Crippen molar-refractivity contribution in [3.05, 3.63) is 18.2 Å². The third kappa shape index (κ3) is 3.83. The van der Waals surface area contributed by atoms with E-state index in [0.29, 0.717) is 12.8 Å². The molecule has 0 amide bonds. The Balaban J connectivity index is 2.37. The van der Waals surface area contributed by atoms with Gasteiger partial charge in [0, 0.05) is 25.4 Å². The summed E-state index contributed by atoms with van der Waals surface area (Å²) in [6, 6.07) is 0. The summed E-state index contributed by atoms with van der Waals surface area (Å²) in [6.45, 7) is 3.82. The van der Waals surface area contributed by atoms with E-state index in [0.717, 1.165) is 25.3 Å². The van der Waals surface area contributed by atoms with Crippen LogP contribution in [0.2, 0.25) is 0 Å². The standard InChI is InChI=1S/C11H19N3O/c1-3-14-8-7-13-11(14)9-10(15)5-4-6-12-2/h7-8,12H,3-6,9H2,1-2H3. The van der Waals surface area contributed by atoms with E-state index in [1.165, 1.54) is 0 Å². The lowest BCUT2D eigenvalue weighted by Gasteiger charge is -2.03. The molecule has 0 saturated carbocycles. The second-order valence-corrected chi connectivity index (χ2v) is 3.55. The normalized spacial score (nSPS) is 10.5. The van der Waals surface area contributed by atoms with Crippen LogP contribution in [-0.4, -0.2) is 28.9 Å². The molecule has 1 N–H and O–H groups in total. The largest absolute Gasteiger partial charge is 0.335 e.